The minimum absolute atomic E-state index is 0.307. The molecule has 1 aliphatic carbocycles. The number of hydrogen-bond donors (Lipinski definition) is 1. The second kappa shape index (κ2) is 7.45. The van der Waals surface area contributed by atoms with Crippen LogP contribution in [0.15, 0.2) is 4.99 Å². The first kappa shape index (κ1) is 16.6. The summed E-state index contributed by atoms with van der Waals surface area (Å²) >= 11 is 0. The Bertz CT molecular complexity index is 350. The van der Waals surface area contributed by atoms with E-state index in [1.54, 1.807) is 7.11 Å². The van der Waals surface area contributed by atoms with Gasteiger partial charge in [-0.25, -0.2) is 0 Å². The summed E-state index contributed by atoms with van der Waals surface area (Å²) in [6.45, 7) is 4.00. The van der Waals surface area contributed by atoms with Gasteiger partial charge in [0, 0.05) is 45.2 Å². The first-order chi connectivity index (χ1) is 10.1. The quantitative estimate of drug-likeness (QED) is 0.615. The Labute approximate surface area is 129 Å². The maximum atomic E-state index is 5.28. The molecule has 5 heteroatoms. The smallest absolute Gasteiger partial charge is 0.193 e. The van der Waals surface area contributed by atoms with Crippen molar-refractivity contribution in [3.63, 3.8) is 0 Å². The zero-order chi connectivity index (χ0) is 15.3. The number of methoxy groups -OCH3 is 1. The summed E-state index contributed by atoms with van der Waals surface area (Å²) in [5.74, 6) is 1.70. The number of rotatable bonds is 5. The lowest BCUT2D eigenvalue weighted by Crippen LogP contribution is -2.53. The van der Waals surface area contributed by atoms with E-state index in [4.69, 9.17) is 4.74 Å². The van der Waals surface area contributed by atoms with Gasteiger partial charge < -0.3 is 19.9 Å². The zero-order valence-corrected chi connectivity index (χ0v) is 14.2. The standard InChI is InChI=1S/C16H32N4O/c1-17-15(20-10-7-14(11-20)12-21-4)18-13-16(19(2)3)8-5-6-9-16/h14H,5-13H2,1-4H3,(H,17,18). The Kier molecular flexibility index (Phi) is 5.88. The van der Waals surface area contributed by atoms with Gasteiger partial charge in [0.2, 0.25) is 0 Å². The summed E-state index contributed by atoms with van der Waals surface area (Å²) in [5.41, 5.74) is 0.307. The third-order valence-electron chi connectivity index (χ3n) is 5.26. The first-order valence-electron chi connectivity index (χ1n) is 8.23. The third-order valence-corrected chi connectivity index (χ3v) is 5.26. The fourth-order valence-corrected chi connectivity index (χ4v) is 3.79. The van der Waals surface area contributed by atoms with Crippen LogP contribution in [0, 0.1) is 5.92 Å². The second-order valence-electron chi connectivity index (χ2n) is 6.78. The highest BCUT2D eigenvalue weighted by molar-refractivity contribution is 5.80. The SMILES string of the molecule is CN=C(NCC1(N(C)C)CCCC1)N1CCC(COC)C1. The second-order valence-corrected chi connectivity index (χ2v) is 6.78. The van der Waals surface area contributed by atoms with Crippen molar-refractivity contribution in [2.75, 3.05) is 54.5 Å². The monoisotopic (exact) mass is 296 g/mol. The largest absolute Gasteiger partial charge is 0.384 e. The van der Waals surface area contributed by atoms with Gasteiger partial charge >= 0.3 is 0 Å². The van der Waals surface area contributed by atoms with Crippen molar-refractivity contribution in [1.82, 2.24) is 15.1 Å². The van der Waals surface area contributed by atoms with Crippen molar-refractivity contribution < 1.29 is 4.74 Å². The van der Waals surface area contributed by atoms with Crippen molar-refractivity contribution in [3.8, 4) is 0 Å². The van der Waals surface area contributed by atoms with E-state index < -0.39 is 0 Å². The van der Waals surface area contributed by atoms with E-state index in [9.17, 15) is 0 Å². The van der Waals surface area contributed by atoms with Gasteiger partial charge in [0.05, 0.1) is 6.61 Å². The van der Waals surface area contributed by atoms with Gasteiger partial charge in [-0.05, 0) is 33.4 Å². The number of guanidine groups is 1. The molecule has 2 fully saturated rings. The van der Waals surface area contributed by atoms with Crippen LogP contribution in [0.4, 0.5) is 0 Å². The highest BCUT2D eigenvalue weighted by Gasteiger charge is 2.36. The molecule has 0 spiro atoms. The molecule has 0 aromatic heterocycles. The van der Waals surface area contributed by atoms with E-state index in [2.05, 4.69) is 34.2 Å². The zero-order valence-electron chi connectivity index (χ0n) is 14.2. The number of nitrogens with one attached hydrogen (secondary N) is 1. The fourth-order valence-electron chi connectivity index (χ4n) is 3.79. The highest BCUT2D eigenvalue weighted by Crippen LogP contribution is 2.33. The van der Waals surface area contributed by atoms with Gasteiger partial charge in [0.25, 0.3) is 0 Å². The molecule has 1 atom stereocenters. The summed E-state index contributed by atoms with van der Waals surface area (Å²) in [7, 11) is 8.10. The van der Waals surface area contributed by atoms with Crippen LogP contribution in [0.25, 0.3) is 0 Å². The molecule has 1 N–H and O–H groups in total. The molecule has 1 unspecified atom stereocenters. The Morgan fingerprint density at radius 1 is 1.38 bits per heavy atom. The maximum Gasteiger partial charge on any atom is 0.193 e. The summed E-state index contributed by atoms with van der Waals surface area (Å²) in [6.07, 6.45) is 6.47. The van der Waals surface area contributed by atoms with E-state index in [1.165, 1.54) is 32.1 Å². The Balaban J connectivity index is 1.88. The van der Waals surface area contributed by atoms with Crippen LogP contribution in [0.2, 0.25) is 0 Å². The van der Waals surface area contributed by atoms with Crippen LogP contribution in [0.3, 0.4) is 0 Å². The Hall–Kier alpha value is -0.810. The minimum atomic E-state index is 0.307. The van der Waals surface area contributed by atoms with E-state index in [-0.39, 0.29) is 0 Å². The Morgan fingerprint density at radius 2 is 2.10 bits per heavy atom. The molecule has 0 aromatic rings. The predicted molar refractivity (Wildman–Crippen MR) is 87.8 cm³/mol. The van der Waals surface area contributed by atoms with Crippen molar-refractivity contribution in [1.29, 1.82) is 0 Å². The topological polar surface area (TPSA) is 40.1 Å². The number of likely N-dealkylation sites (N-methyl/N-ethyl adjacent to an activating group) is 1. The molecule has 1 heterocycles. The molecule has 2 rings (SSSR count). The lowest BCUT2D eigenvalue weighted by Gasteiger charge is -2.37. The molecule has 21 heavy (non-hydrogen) atoms. The molecule has 1 aliphatic heterocycles. The van der Waals surface area contributed by atoms with Crippen LogP contribution in [-0.2, 0) is 4.74 Å². The number of aliphatic imine (C=N–C) groups is 1. The fraction of sp³-hybridized carbons (Fsp3) is 0.938. The molecule has 2 aliphatic rings. The van der Waals surface area contributed by atoms with Crippen LogP contribution < -0.4 is 5.32 Å². The lowest BCUT2D eigenvalue weighted by molar-refractivity contribution is 0.155. The van der Waals surface area contributed by atoms with Gasteiger partial charge in [0.1, 0.15) is 0 Å². The van der Waals surface area contributed by atoms with Crippen LogP contribution in [-0.4, -0.2) is 75.8 Å². The summed E-state index contributed by atoms with van der Waals surface area (Å²) < 4.78 is 5.28. The molecular weight excluding hydrogens is 264 g/mol. The van der Waals surface area contributed by atoms with Gasteiger partial charge in [-0.2, -0.15) is 0 Å². The molecule has 0 bridgehead atoms. The molecule has 0 amide bonds. The van der Waals surface area contributed by atoms with Crippen molar-refractivity contribution in [2.24, 2.45) is 10.9 Å². The summed E-state index contributed by atoms with van der Waals surface area (Å²) in [4.78, 5) is 9.27. The van der Waals surface area contributed by atoms with Gasteiger partial charge in [-0.1, -0.05) is 12.8 Å². The van der Waals surface area contributed by atoms with Crippen LogP contribution in [0.1, 0.15) is 32.1 Å². The average Bonchev–Trinajstić information content (AvgIpc) is 3.10. The number of likely N-dealkylation sites (tertiary alicyclic amines) is 1. The molecule has 1 saturated carbocycles. The van der Waals surface area contributed by atoms with Crippen molar-refractivity contribution in [2.45, 2.75) is 37.6 Å². The summed E-state index contributed by atoms with van der Waals surface area (Å²) in [6, 6.07) is 0. The molecule has 1 saturated heterocycles. The number of nitrogens with zero attached hydrogens (tertiary/aromatic N) is 3. The van der Waals surface area contributed by atoms with Crippen molar-refractivity contribution in [3.05, 3.63) is 0 Å². The van der Waals surface area contributed by atoms with E-state index in [0.29, 0.717) is 11.5 Å². The number of ether oxygens (including phenoxy) is 1. The lowest BCUT2D eigenvalue weighted by atomic mass is 9.96. The average molecular weight is 296 g/mol. The highest BCUT2D eigenvalue weighted by atomic mass is 16.5. The minimum Gasteiger partial charge on any atom is -0.384 e. The van der Waals surface area contributed by atoms with E-state index in [0.717, 1.165) is 32.2 Å². The van der Waals surface area contributed by atoms with Gasteiger partial charge in [-0.15, -0.1) is 0 Å². The molecule has 0 radical (unpaired) electrons. The first-order valence-corrected chi connectivity index (χ1v) is 8.23. The Morgan fingerprint density at radius 3 is 2.67 bits per heavy atom. The van der Waals surface area contributed by atoms with Gasteiger partial charge in [0.15, 0.2) is 5.96 Å². The van der Waals surface area contributed by atoms with E-state index in [1.807, 2.05) is 7.05 Å². The van der Waals surface area contributed by atoms with Crippen LogP contribution in [0.5, 0.6) is 0 Å². The molecule has 5 nitrogen and oxygen atoms in total. The summed E-state index contributed by atoms with van der Waals surface area (Å²) in [5, 5.41) is 3.63. The van der Waals surface area contributed by atoms with E-state index >= 15 is 0 Å². The predicted octanol–water partition coefficient (Wildman–Crippen LogP) is 1.40. The molecule has 0 aromatic carbocycles. The maximum absolute atomic E-state index is 5.28. The normalized spacial score (nSPS) is 25.9. The molecule has 122 valence electrons. The van der Waals surface area contributed by atoms with Crippen LogP contribution >= 0.6 is 0 Å². The molecular formula is C16H32N4O. The third kappa shape index (κ3) is 3.89. The van der Waals surface area contributed by atoms with Crippen molar-refractivity contribution >= 4 is 5.96 Å². The number of hydrogen-bond acceptors (Lipinski definition) is 3. The van der Waals surface area contributed by atoms with Gasteiger partial charge in [-0.3, -0.25) is 4.99 Å².